The molecule has 0 amide bonds. The average molecular weight is 476 g/mol. The van der Waals surface area contributed by atoms with Crippen LogP contribution in [-0.2, 0) is 14.9 Å². The highest BCUT2D eigenvalue weighted by Crippen LogP contribution is 2.44. The molecular formula is C26H26FN5O3. The molecule has 0 radical (unpaired) electrons. The molecule has 4 heterocycles. The lowest BCUT2D eigenvalue weighted by Gasteiger charge is -2.31. The van der Waals surface area contributed by atoms with Crippen molar-refractivity contribution >= 4 is 28.0 Å². The van der Waals surface area contributed by atoms with Gasteiger partial charge in [-0.1, -0.05) is 13.8 Å². The first-order valence-corrected chi connectivity index (χ1v) is 11.6. The third-order valence-corrected chi connectivity index (χ3v) is 6.90. The summed E-state index contributed by atoms with van der Waals surface area (Å²) in [6.07, 6.45) is 2.11. The van der Waals surface area contributed by atoms with E-state index in [-0.39, 0.29) is 24.8 Å². The number of hydrogen-bond acceptors (Lipinski definition) is 5. The van der Waals surface area contributed by atoms with E-state index in [9.17, 15) is 19.6 Å². The van der Waals surface area contributed by atoms with Gasteiger partial charge in [-0.25, -0.2) is 14.2 Å². The van der Waals surface area contributed by atoms with E-state index in [1.165, 1.54) is 6.07 Å². The Morgan fingerprint density at radius 3 is 2.83 bits per heavy atom. The first kappa shape index (κ1) is 23.0. The van der Waals surface area contributed by atoms with Crippen molar-refractivity contribution in [2.75, 3.05) is 6.61 Å². The lowest BCUT2D eigenvalue weighted by molar-refractivity contribution is -0.153. The number of aromatic nitrogens is 4. The van der Waals surface area contributed by atoms with Crippen LogP contribution in [-0.4, -0.2) is 43.5 Å². The highest BCUT2D eigenvalue weighted by atomic mass is 19.1. The van der Waals surface area contributed by atoms with E-state index >= 15 is 0 Å². The fourth-order valence-electron chi connectivity index (χ4n) is 5.14. The van der Waals surface area contributed by atoms with E-state index in [2.05, 4.69) is 20.8 Å². The van der Waals surface area contributed by atoms with Crippen molar-refractivity contribution < 1.29 is 19.0 Å². The smallest absolute Gasteiger partial charge is 0.332 e. The Kier molecular flexibility index (Phi) is 5.56. The number of fused-ring (bicyclic) bond motifs is 2. The second-order valence-corrected chi connectivity index (χ2v) is 9.85. The van der Waals surface area contributed by atoms with Gasteiger partial charge in [-0.2, -0.15) is 10.4 Å². The topological polar surface area (TPSA) is 117 Å². The van der Waals surface area contributed by atoms with Gasteiger partial charge in [0.25, 0.3) is 0 Å². The molecule has 1 aromatic carbocycles. The predicted octanol–water partition coefficient (Wildman–Crippen LogP) is 4.89. The van der Waals surface area contributed by atoms with Gasteiger partial charge < -0.3 is 14.4 Å². The summed E-state index contributed by atoms with van der Waals surface area (Å²) in [5.41, 5.74) is 4.73. The zero-order chi connectivity index (χ0) is 24.9. The number of aromatic amines is 1. The maximum absolute atomic E-state index is 14.2. The molecule has 5 rings (SSSR count). The quantitative estimate of drug-likeness (QED) is 0.425. The summed E-state index contributed by atoms with van der Waals surface area (Å²) < 4.78 is 22.0. The first-order valence-electron chi connectivity index (χ1n) is 11.6. The molecule has 180 valence electrons. The monoisotopic (exact) mass is 475 g/mol. The minimum atomic E-state index is -0.963. The number of hydrogen-bond donors (Lipinski definition) is 2. The number of nitrogens with one attached hydrogen (secondary N) is 1. The van der Waals surface area contributed by atoms with Crippen molar-refractivity contribution in [3.05, 3.63) is 53.1 Å². The third kappa shape index (κ3) is 3.84. The van der Waals surface area contributed by atoms with Crippen LogP contribution in [0.4, 0.5) is 4.39 Å². The number of ether oxygens (including phenoxy) is 1. The van der Waals surface area contributed by atoms with E-state index in [0.29, 0.717) is 24.1 Å². The number of carboxylic acids is 1. The number of H-pyrrole nitrogens is 1. The van der Waals surface area contributed by atoms with Gasteiger partial charge in [0.05, 0.1) is 29.9 Å². The number of benzene rings is 1. The second-order valence-electron chi connectivity index (χ2n) is 9.85. The molecular weight excluding hydrogens is 449 g/mol. The molecule has 9 heteroatoms. The van der Waals surface area contributed by atoms with Gasteiger partial charge in [0.1, 0.15) is 5.82 Å². The number of carboxylic acid groups (broad SMARTS) is 1. The second kappa shape index (κ2) is 8.47. The third-order valence-electron chi connectivity index (χ3n) is 6.90. The van der Waals surface area contributed by atoms with E-state index < -0.39 is 17.5 Å². The van der Waals surface area contributed by atoms with E-state index in [1.54, 1.807) is 25.3 Å². The zero-order valence-electron chi connectivity index (χ0n) is 19.8. The Morgan fingerprint density at radius 1 is 1.37 bits per heavy atom. The van der Waals surface area contributed by atoms with Crippen molar-refractivity contribution in [1.29, 1.82) is 5.26 Å². The number of nitriles is 1. The molecule has 0 bridgehead atoms. The number of halogens is 1. The molecule has 1 aliphatic heterocycles. The van der Waals surface area contributed by atoms with Crippen LogP contribution in [0, 0.1) is 24.1 Å². The Bertz CT molecular complexity index is 1490. The zero-order valence-corrected chi connectivity index (χ0v) is 19.8. The summed E-state index contributed by atoms with van der Waals surface area (Å²) in [5.74, 6) is -1.37. The normalized spacial score (nSPS) is 18.7. The first-order chi connectivity index (χ1) is 16.7. The van der Waals surface area contributed by atoms with Crippen molar-refractivity contribution in [1.82, 2.24) is 19.7 Å². The summed E-state index contributed by atoms with van der Waals surface area (Å²) in [7, 11) is 0. The summed E-state index contributed by atoms with van der Waals surface area (Å²) in [4.78, 5) is 16.4. The average Bonchev–Trinajstić information content (AvgIpc) is 3.41. The standard InChI is InChI=1S/C26H26FN5O3/c1-14-10-17(5-6-18(14)27)32-19-11-16-12-29-31-24(16)30-22(19)21(23(32)26(2,3)8-9-28)15-4-7-20(25(33)34)35-13-15/h5-6,10-12,15,20H,4,7-8,13H2,1-3H3,(H,33,34)(H,29,30,31)/t15-,20?/m0/s1. The molecule has 1 unspecified atom stereocenters. The van der Waals surface area contributed by atoms with E-state index in [4.69, 9.17) is 9.72 Å². The molecule has 4 aromatic rings. The van der Waals surface area contributed by atoms with Gasteiger partial charge in [-0.3, -0.25) is 5.10 Å². The van der Waals surface area contributed by atoms with Crippen molar-refractivity contribution in [3.63, 3.8) is 0 Å². The number of rotatable bonds is 5. The Balaban J connectivity index is 1.84. The summed E-state index contributed by atoms with van der Waals surface area (Å²) in [6, 6.07) is 9.28. The largest absolute Gasteiger partial charge is 0.479 e. The molecule has 1 fully saturated rings. The van der Waals surface area contributed by atoms with Crippen molar-refractivity contribution in [2.45, 2.75) is 57.5 Å². The molecule has 3 aromatic heterocycles. The molecule has 2 N–H and O–H groups in total. The van der Waals surface area contributed by atoms with Crippen LogP contribution in [0.15, 0.2) is 30.5 Å². The van der Waals surface area contributed by atoms with Crippen molar-refractivity contribution in [3.8, 4) is 11.8 Å². The molecule has 1 aliphatic rings. The maximum Gasteiger partial charge on any atom is 0.332 e. The van der Waals surface area contributed by atoms with Crippen LogP contribution in [0.3, 0.4) is 0 Å². The van der Waals surface area contributed by atoms with Crippen molar-refractivity contribution in [2.24, 2.45) is 0 Å². The molecule has 1 saturated heterocycles. The number of nitrogens with zero attached hydrogens (tertiary/aromatic N) is 4. The molecule has 0 saturated carbocycles. The number of aliphatic carboxylic acids is 1. The maximum atomic E-state index is 14.2. The van der Waals surface area contributed by atoms with E-state index in [0.717, 1.165) is 33.4 Å². The van der Waals surface area contributed by atoms with Crippen LogP contribution >= 0.6 is 0 Å². The Hall–Kier alpha value is -3.77. The fourth-order valence-corrected chi connectivity index (χ4v) is 5.14. The fraction of sp³-hybridized carbons (Fsp3) is 0.385. The highest BCUT2D eigenvalue weighted by Gasteiger charge is 2.37. The van der Waals surface area contributed by atoms with Gasteiger partial charge in [-0.05, 0) is 49.6 Å². The Morgan fingerprint density at radius 2 is 2.17 bits per heavy atom. The van der Waals surface area contributed by atoms with Gasteiger partial charge in [0, 0.05) is 40.1 Å². The summed E-state index contributed by atoms with van der Waals surface area (Å²) >= 11 is 0. The molecule has 2 atom stereocenters. The van der Waals surface area contributed by atoms with Gasteiger partial charge >= 0.3 is 5.97 Å². The van der Waals surface area contributed by atoms with Crippen LogP contribution in [0.2, 0.25) is 0 Å². The number of pyridine rings is 1. The summed E-state index contributed by atoms with van der Waals surface area (Å²) in [5, 5.41) is 27.0. The van der Waals surface area contributed by atoms with E-state index in [1.807, 2.05) is 19.9 Å². The molecule has 35 heavy (non-hydrogen) atoms. The van der Waals surface area contributed by atoms with Crippen LogP contribution in [0.25, 0.3) is 27.8 Å². The number of carbonyl (C=O) groups is 1. The lowest BCUT2D eigenvalue weighted by atomic mass is 9.79. The molecule has 0 spiro atoms. The molecule has 8 nitrogen and oxygen atoms in total. The summed E-state index contributed by atoms with van der Waals surface area (Å²) in [6.45, 7) is 5.98. The number of aryl methyl sites for hydroxylation is 1. The minimum Gasteiger partial charge on any atom is -0.479 e. The van der Waals surface area contributed by atoms with Gasteiger partial charge in [0.15, 0.2) is 11.8 Å². The van der Waals surface area contributed by atoms with Crippen LogP contribution < -0.4 is 0 Å². The van der Waals surface area contributed by atoms with Gasteiger partial charge in [-0.15, -0.1) is 0 Å². The van der Waals surface area contributed by atoms with Crippen LogP contribution in [0.1, 0.15) is 55.8 Å². The SMILES string of the molecule is Cc1cc(-n2c(C(C)(C)CC#N)c([C@H]3CCC(C(=O)O)OC3)c3nc4[nH]ncc4cc32)ccc1F. The minimum absolute atomic E-state index is 0.114. The highest BCUT2D eigenvalue weighted by molar-refractivity contribution is 5.94. The van der Waals surface area contributed by atoms with Gasteiger partial charge in [0.2, 0.25) is 0 Å². The van der Waals surface area contributed by atoms with Crippen LogP contribution in [0.5, 0.6) is 0 Å². The molecule has 0 aliphatic carbocycles. The lowest BCUT2D eigenvalue weighted by Crippen LogP contribution is -2.32. The predicted molar refractivity (Wildman–Crippen MR) is 128 cm³/mol. The Labute approximate surface area is 201 Å².